The lowest BCUT2D eigenvalue weighted by Crippen LogP contribution is -2.30. The fourth-order valence-corrected chi connectivity index (χ4v) is 2.28. The van der Waals surface area contributed by atoms with Crippen LogP contribution in [-0.4, -0.2) is 10.9 Å². The Morgan fingerprint density at radius 2 is 1.43 bits per heavy atom. The van der Waals surface area contributed by atoms with Gasteiger partial charge in [-0.2, -0.15) is 5.26 Å². The third-order valence-corrected chi connectivity index (χ3v) is 3.48. The maximum absolute atomic E-state index is 8.72. The van der Waals surface area contributed by atoms with Crippen molar-refractivity contribution in [3.63, 3.8) is 0 Å². The molecule has 106 valence electrons. The van der Waals surface area contributed by atoms with Gasteiger partial charge in [0.25, 0.3) is 0 Å². The van der Waals surface area contributed by atoms with Gasteiger partial charge in [-0.1, -0.05) is 66.7 Å². The minimum absolute atomic E-state index is 0.213. The van der Waals surface area contributed by atoms with E-state index in [9.17, 15) is 0 Å². The number of nitriles is 1. The summed E-state index contributed by atoms with van der Waals surface area (Å²) in [7, 11) is 0. The second-order valence-electron chi connectivity index (χ2n) is 5.10. The minimum Gasteiger partial charge on any atom is -0.289 e. The van der Waals surface area contributed by atoms with E-state index in [1.165, 1.54) is 11.1 Å². The molecule has 0 aliphatic rings. The van der Waals surface area contributed by atoms with Crippen LogP contribution in [0.1, 0.15) is 18.1 Å². The van der Waals surface area contributed by atoms with Gasteiger partial charge in [-0.25, -0.2) is 0 Å². The van der Waals surface area contributed by atoms with E-state index >= 15 is 0 Å². The molecule has 2 aromatic carbocycles. The summed E-state index contributed by atoms with van der Waals surface area (Å²) < 4.78 is 0. The highest BCUT2D eigenvalue weighted by Gasteiger charge is 2.12. The summed E-state index contributed by atoms with van der Waals surface area (Å²) in [6, 6.07) is 23.1. The number of rotatable bonds is 6. The first-order valence-electron chi connectivity index (χ1n) is 7.18. The van der Waals surface area contributed by atoms with Gasteiger partial charge in [0, 0.05) is 25.2 Å². The average Bonchev–Trinajstić information content (AvgIpc) is 2.54. The maximum Gasteiger partial charge on any atom is 0.0909 e. The molecule has 0 saturated heterocycles. The number of hydrogen-bond acceptors (Lipinski definition) is 2. The molecule has 0 aromatic heterocycles. The van der Waals surface area contributed by atoms with E-state index in [1.807, 2.05) is 18.2 Å². The molecule has 2 aromatic rings. The fourth-order valence-electron chi connectivity index (χ4n) is 2.28. The van der Waals surface area contributed by atoms with Crippen molar-refractivity contribution in [3.05, 3.63) is 83.9 Å². The lowest BCUT2D eigenvalue weighted by molar-refractivity contribution is 0.223. The van der Waals surface area contributed by atoms with Crippen LogP contribution in [0, 0.1) is 11.3 Å². The van der Waals surface area contributed by atoms with E-state index in [1.54, 1.807) is 6.08 Å². The van der Waals surface area contributed by atoms with Gasteiger partial charge in [-0.3, -0.25) is 4.90 Å². The third kappa shape index (κ3) is 4.91. The molecule has 1 atom stereocenters. The number of benzene rings is 2. The second kappa shape index (κ2) is 8.04. The van der Waals surface area contributed by atoms with Gasteiger partial charge >= 0.3 is 0 Å². The first kappa shape index (κ1) is 15.0. The summed E-state index contributed by atoms with van der Waals surface area (Å²) in [4.78, 5) is 2.36. The van der Waals surface area contributed by atoms with Gasteiger partial charge in [0.2, 0.25) is 0 Å². The zero-order chi connectivity index (χ0) is 14.9. The molecule has 0 fully saturated rings. The molecule has 0 aliphatic carbocycles. The molecule has 0 unspecified atom stereocenters. The van der Waals surface area contributed by atoms with Crippen molar-refractivity contribution in [3.8, 4) is 6.07 Å². The molecule has 2 rings (SSSR count). The van der Waals surface area contributed by atoms with E-state index in [-0.39, 0.29) is 6.04 Å². The Morgan fingerprint density at radius 3 is 1.86 bits per heavy atom. The van der Waals surface area contributed by atoms with Crippen molar-refractivity contribution >= 4 is 0 Å². The molecular formula is C19H20N2. The third-order valence-electron chi connectivity index (χ3n) is 3.48. The van der Waals surface area contributed by atoms with Crippen LogP contribution in [0.2, 0.25) is 0 Å². The highest BCUT2D eigenvalue weighted by Crippen LogP contribution is 2.14. The predicted octanol–water partition coefficient (Wildman–Crippen LogP) is 4.16. The van der Waals surface area contributed by atoms with Crippen LogP contribution in [0.4, 0.5) is 0 Å². The molecule has 0 bridgehead atoms. The number of allylic oxidation sites excluding steroid dienone is 1. The molecule has 0 saturated carbocycles. The summed E-state index contributed by atoms with van der Waals surface area (Å²) in [5, 5.41) is 8.72. The average molecular weight is 276 g/mol. The second-order valence-corrected chi connectivity index (χ2v) is 5.10. The molecule has 21 heavy (non-hydrogen) atoms. The minimum atomic E-state index is 0.213. The molecule has 0 heterocycles. The zero-order valence-electron chi connectivity index (χ0n) is 12.3. The molecule has 0 radical (unpaired) electrons. The van der Waals surface area contributed by atoms with Crippen LogP contribution in [0.3, 0.4) is 0 Å². The van der Waals surface area contributed by atoms with Crippen molar-refractivity contribution in [2.24, 2.45) is 0 Å². The van der Waals surface area contributed by atoms with E-state index in [4.69, 9.17) is 5.26 Å². The van der Waals surface area contributed by atoms with E-state index in [0.29, 0.717) is 0 Å². The van der Waals surface area contributed by atoms with E-state index < -0.39 is 0 Å². The Labute approximate surface area is 127 Å². The molecule has 0 amide bonds. The molecule has 0 N–H and O–H groups in total. The summed E-state index contributed by atoms with van der Waals surface area (Å²) in [6.45, 7) is 3.86. The van der Waals surface area contributed by atoms with Crippen LogP contribution in [0.15, 0.2) is 72.8 Å². The van der Waals surface area contributed by atoms with Crippen LogP contribution in [0.25, 0.3) is 0 Å². The lowest BCUT2D eigenvalue weighted by Gasteiger charge is -2.27. The maximum atomic E-state index is 8.72. The Hall–Kier alpha value is -2.37. The summed E-state index contributed by atoms with van der Waals surface area (Å²) in [6.07, 6.45) is 3.51. The molecule has 2 nitrogen and oxygen atoms in total. The number of nitrogens with zero attached hydrogens (tertiary/aromatic N) is 2. The van der Waals surface area contributed by atoms with Gasteiger partial charge in [0.1, 0.15) is 0 Å². The number of hydrogen-bond donors (Lipinski definition) is 0. The predicted molar refractivity (Wildman–Crippen MR) is 86.3 cm³/mol. The SMILES string of the molecule is C[C@H](/C=C/C#N)N(Cc1ccccc1)Cc1ccccc1. The molecule has 0 aliphatic heterocycles. The highest BCUT2D eigenvalue weighted by molar-refractivity contribution is 5.18. The van der Waals surface area contributed by atoms with Crippen LogP contribution in [-0.2, 0) is 13.1 Å². The van der Waals surface area contributed by atoms with Crippen molar-refractivity contribution in [2.45, 2.75) is 26.1 Å². The van der Waals surface area contributed by atoms with Crippen LogP contribution >= 0.6 is 0 Å². The van der Waals surface area contributed by atoms with E-state index in [2.05, 4.69) is 66.4 Å². The van der Waals surface area contributed by atoms with Crippen molar-refractivity contribution < 1.29 is 0 Å². The lowest BCUT2D eigenvalue weighted by atomic mass is 10.1. The summed E-state index contributed by atoms with van der Waals surface area (Å²) in [5.41, 5.74) is 2.57. The fraction of sp³-hybridized carbons (Fsp3) is 0.211. The Morgan fingerprint density at radius 1 is 0.952 bits per heavy atom. The first-order chi connectivity index (χ1) is 10.3. The molecule has 0 spiro atoms. The van der Waals surface area contributed by atoms with Crippen molar-refractivity contribution in [1.29, 1.82) is 5.26 Å². The molecule has 2 heteroatoms. The normalized spacial score (nSPS) is 12.4. The van der Waals surface area contributed by atoms with Gasteiger partial charge in [0.15, 0.2) is 0 Å². The Balaban J connectivity index is 2.14. The standard InChI is InChI=1S/C19H20N2/c1-17(9-8-14-20)21(15-18-10-4-2-5-11-18)16-19-12-6-3-7-13-19/h2-13,17H,15-16H2,1H3/b9-8+/t17-/m1/s1. The largest absolute Gasteiger partial charge is 0.289 e. The van der Waals surface area contributed by atoms with Crippen molar-refractivity contribution in [2.75, 3.05) is 0 Å². The summed E-state index contributed by atoms with van der Waals surface area (Å²) in [5.74, 6) is 0. The molecular weight excluding hydrogens is 256 g/mol. The van der Waals surface area contributed by atoms with Gasteiger partial charge in [-0.05, 0) is 18.1 Å². The van der Waals surface area contributed by atoms with Crippen LogP contribution < -0.4 is 0 Å². The zero-order valence-corrected chi connectivity index (χ0v) is 12.3. The van der Waals surface area contributed by atoms with Gasteiger partial charge in [-0.15, -0.1) is 0 Å². The summed E-state index contributed by atoms with van der Waals surface area (Å²) >= 11 is 0. The van der Waals surface area contributed by atoms with Crippen molar-refractivity contribution in [1.82, 2.24) is 4.90 Å². The van der Waals surface area contributed by atoms with Gasteiger partial charge in [0.05, 0.1) is 6.07 Å². The van der Waals surface area contributed by atoms with Gasteiger partial charge < -0.3 is 0 Å². The Kier molecular flexibility index (Phi) is 5.75. The smallest absolute Gasteiger partial charge is 0.0909 e. The monoisotopic (exact) mass is 276 g/mol. The van der Waals surface area contributed by atoms with Crippen LogP contribution in [0.5, 0.6) is 0 Å². The quantitative estimate of drug-likeness (QED) is 0.741. The first-order valence-corrected chi connectivity index (χ1v) is 7.18. The highest BCUT2D eigenvalue weighted by atomic mass is 15.1. The topological polar surface area (TPSA) is 27.0 Å². The Bertz CT molecular complexity index is 555. The van der Waals surface area contributed by atoms with E-state index in [0.717, 1.165) is 13.1 Å².